The molecule has 1 aliphatic rings. The fraction of sp³-hybridized carbons (Fsp3) is 0.125. The fourth-order valence-electron chi connectivity index (χ4n) is 3.43. The van der Waals surface area contributed by atoms with E-state index in [9.17, 15) is 24.5 Å². The van der Waals surface area contributed by atoms with E-state index in [1.807, 2.05) is 0 Å². The molecule has 1 aliphatic heterocycles. The predicted molar refractivity (Wildman–Crippen MR) is 146 cm³/mol. The number of furan rings is 1. The smallest absolute Gasteiger partial charge is 0.373 e. The van der Waals surface area contributed by atoms with Crippen LogP contribution in [0.25, 0.3) is 6.08 Å². The lowest BCUT2D eigenvalue weighted by atomic mass is 10.1. The fourth-order valence-corrected chi connectivity index (χ4v) is 5.55. The number of methoxy groups -OCH3 is 1. The number of nitrogens with one attached hydrogen (secondary N) is 1. The zero-order chi connectivity index (χ0) is 26.7. The first-order valence-corrected chi connectivity index (χ1v) is 12.7. The van der Waals surface area contributed by atoms with Crippen LogP contribution < -0.4 is 10.1 Å². The Morgan fingerprint density at radius 1 is 1.16 bits per heavy atom. The molecule has 2 aromatic carbocycles. The number of nitro groups is 1. The summed E-state index contributed by atoms with van der Waals surface area (Å²) in [6.07, 6.45) is 1.55. The standard InChI is InChI=1S/C24H17I2N3O8/c1-35-23(31)20-6-5-16(37-20)11-28-22(30)19(27-24(28)32)10-14-8-17(25)21(18(26)9-14)36-12-13-3-2-4-15(7-13)29(33)34/h2-10H,11-12H2,1H3,(H,27,32)/b19-10-. The van der Waals surface area contributed by atoms with Crippen LogP contribution in [0.3, 0.4) is 0 Å². The molecule has 1 N–H and O–H groups in total. The van der Waals surface area contributed by atoms with Crippen LogP contribution in [0.4, 0.5) is 10.5 Å². The third-order valence-corrected chi connectivity index (χ3v) is 6.76. The molecular weight excluding hydrogens is 712 g/mol. The molecular formula is C24H17I2N3O8. The van der Waals surface area contributed by atoms with Crippen LogP contribution >= 0.6 is 45.2 Å². The molecule has 190 valence electrons. The monoisotopic (exact) mass is 729 g/mol. The Hall–Kier alpha value is -3.47. The summed E-state index contributed by atoms with van der Waals surface area (Å²) in [5, 5.41) is 13.5. The van der Waals surface area contributed by atoms with Crippen LogP contribution in [-0.2, 0) is 22.7 Å². The van der Waals surface area contributed by atoms with Gasteiger partial charge in [-0.05, 0) is 86.7 Å². The number of halogens is 2. The van der Waals surface area contributed by atoms with Crippen molar-refractivity contribution in [2.24, 2.45) is 0 Å². The highest BCUT2D eigenvalue weighted by Gasteiger charge is 2.34. The molecule has 1 saturated heterocycles. The Balaban J connectivity index is 1.47. The second kappa shape index (κ2) is 11.3. The Bertz CT molecular complexity index is 1430. The highest BCUT2D eigenvalue weighted by molar-refractivity contribution is 14.1. The largest absolute Gasteiger partial charge is 0.487 e. The summed E-state index contributed by atoms with van der Waals surface area (Å²) in [5.74, 6) is -0.392. The molecule has 3 amide bonds. The summed E-state index contributed by atoms with van der Waals surface area (Å²) >= 11 is 4.19. The molecule has 37 heavy (non-hydrogen) atoms. The van der Waals surface area contributed by atoms with Crippen LogP contribution in [0, 0.1) is 17.3 Å². The maximum atomic E-state index is 12.9. The average molecular weight is 729 g/mol. The average Bonchev–Trinajstić information content (AvgIpc) is 3.43. The number of amides is 3. The van der Waals surface area contributed by atoms with Gasteiger partial charge in [0.2, 0.25) is 5.76 Å². The Labute approximate surface area is 237 Å². The number of carbonyl (C=O) groups excluding carboxylic acids is 3. The topological polar surface area (TPSA) is 141 Å². The van der Waals surface area contributed by atoms with Gasteiger partial charge in [-0.15, -0.1) is 0 Å². The molecule has 2 heterocycles. The van der Waals surface area contributed by atoms with E-state index < -0.39 is 22.8 Å². The summed E-state index contributed by atoms with van der Waals surface area (Å²) < 4.78 is 17.4. The number of nitrogens with zero attached hydrogens (tertiary/aromatic N) is 2. The summed E-state index contributed by atoms with van der Waals surface area (Å²) in [6.45, 7) is -0.0133. The van der Waals surface area contributed by atoms with Crippen LogP contribution in [0.15, 0.2) is 58.6 Å². The lowest BCUT2D eigenvalue weighted by Gasteiger charge is -2.12. The number of nitro benzene ring substituents is 1. The van der Waals surface area contributed by atoms with Gasteiger partial charge in [-0.2, -0.15) is 0 Å². The van der Waals surface area contributed by atoms with Gasteiger partial charge >= 0.3 is 12.0 Å². The third kappa shape index (κ3) is 6.10. The van der Waals surface area contributed by atoms with Crippen LogP contribution in [0.2, 0.25) is 0 Å². The minimum atomic E-state index is -0.661. The van der Waals surface area contributed by atoms with Crippen LogP contribution in [0.1, 0.15) is 27.4 Å². The molecule has 0 unspecified atom stereocenters. The lowest BCUT2D eigenvalue weighted by Crippen LogP contribution is -2.30. The lowest BCUT2D eigenvalue weighted by molar-refractivity contribution is -0.384. The number of urea groups is 1. The normalized spacial score (nSPS) is 14.1. The van der Waals surface area contributed by atoms with Crippen molar-refractivity contribution in [3.8, 4) is 5.75 Å². The quantitative estimate of drug-likeness (QED) is 0.0867. The molecule has 3 aromatic rings. The summed E-state index contributed by atoms with van der Waals surface area (Å²) in [4.78, 5) is 48.3. The van der Waals surface area contributed by atoms with E-state index >= 15 is 0 Å². The zero-order valence-corrected chi connectivity index (χ0v) is 23.3. The van der Waals surface area contributed by atoms with Gasteiger partial charge < -0.3 is 19.2 Å². The molecule has 0 radical (unpaired) electrons. The molecule has 11 nitrogen and oxygen atoms in total. The van der Waals surface area contributed by atoms with Crippen molar-refractivity contribution >= 4 is 74.9 Å². The van der Waals surface area contributed by atoms with E-state index in [4.69, 9.17) is 9.15 Å². The number of rotatable bonds is 8. The summed E-state index contributed by atoms with van der Waals surface area (Å²) in [6, 6.07) is 12.1. The number of carbonyl (C=O) groups is 3. The highest BCUT2D eigenvalue weighted by Crippen LogP contribution is 2.31. The highest BCUT2D eigenvalue weighted by atomic mass is 127. The predicted octanol–water partition coefficient (Wildman–Crippen LogP) is 4.86. The minimum Gasteiger partial charge on any atom is -0.487 e. The first-order valence-electron chi connectivity index (χ1n) is 10.5. The Morgan fingerprint density at radius 2 is 1.89 bits per heavy atom. The van der Waals surface area contributed by atoms with Gasteiger partial charge in [-0.3, -0.25) is 19.8 Å². The number of non-ortho nitro benzene ring substituents is 1. The van der Waals surface area contributed by atoms with E-state index in [1.165, 1.54) is 31.4 Å². The zero-order valence-electron chi connectivity index (χ0n) is 19.0. The van der Waals surface area contributed by atoms with Crippen molar-refractivity contribution in [2.75, 3.05) is 7.11 Å². The second-order valence-corrected chi connectivity index (χ2v) is 9.99. The molecule has 0 atom stereocenters. The Kier molecular flexibility index (Phi) is 8.11. The van der Waals surface area contributed by atoms with E-state index in [1.54, 1.807) is 30.3 Å². The van der Waals surface area contributed by atoms with E-state index in [-0.39, 0.29) is 36.1 Å². The SMILES string of the molecule is COC(=O)c1ccc(CN2C(=O)N/C(=C\c3cc(I)c(OCc4cccc([N+](=O)[O-])c4)c(I)c3)C2=O)o1. The minimum absolute atomic E-state index is 0.0132. The van der Waals surface area contributed by atoms with Crippen molar-refractivity contribution in [2.45, 2.75) is 13.2 Å². The van der Waals surface area contributed by atoms with Gasteiger partial charge in [-0.25, -0.2) is 9.59 Å². The molecule has 4 rings (SSSR count). The van der Waals surface area contributed by atoms with E-state index in [0.717, 1.165) is 12.0 Å². The number of benzene rings is 2. The van der Waals surface area contributed by atoms with E-state index in [0.29, 0.717) is 16.9 Å². The van der Waals surface area contributed by atoms with E-state index in [2.05, 4.69) is 55.2 Å². The van der Waals surface area contributed by atoms with Gasteiger partial charge in [0.1, 0.15) is 23.8 Å². The van der Waals surface area contributed by atoms with Crippen molar-refractivity contribution in [3.63, 3.8) is 0 Å². The number of hydrogen-bond acceptors (Lipinski definition) is 8. The van der Waals surface area contributed by atoms with Gasteiger partial charge in [0.25, 0.3) is 11.6 Å². The van der Waals surface area contributed by atoms with Crippen molar-refractivity contribution < 1.29 is 33.2 Å². The number of ether oxygens (including phenoxy) is 2. The summed E-state index contributed by atoms with van der Waals surface area (Å²) in [7, 11) is 1.22. The molecule has 0 bridgehead atoms. The van der Waals surface area contributed by atoms with Gasteiger partial charge in [0.05, 0.1) is 25.7 Å². The first kappa shape index (κ1) is 26.6. The summed E-state index contributed by atoms with van der Waals surface area (Å²) in [5.41, 5.74) is 1.39. The maximum Gasteiger partial charge on any atom is 0.373 e. The molecule has 13 heteroatoms. The third-order valence-electron chi connectivity index (χ3n) is 5.16. The molecule has 1 fully saturated rings. The van der Waals surface area contributed by atoms with Crippen molar-refractivity contribution in [1.29, 1.82) is 0 Å². The Morgan fingerprint density at radius 3 is 2.57 bits per heavy atom. The van der Waals surface area contributed by atoms with Gasteiger partial charge in [0, 0.05) is 12.1 Å². The maximum absolute atomic E-state index is 12.9. The second-order valence-electron chi connectivity index (χ2n) is 7.67. The molecule has 1 aromatic heterocycles. The van der Waals surface area contributed by atoms with Gasteiger partial charge in [-0.1, -0.05) is 12.1 Å². The first-order chi connectivity index (χ1) is 17.7. The van der Waals surface area contributed by atoms with Crippen LogP contribution in [-0.4, -0.2) is 34.8 Å². The number of esters is 1. The molecule has 0 spiro atoms. The van der Waals surface area contributed by atoms with Crippen molar-refractivity contribution in [1.82, 2.24) is 10.2 Å². The van der Waals surface area contributed by atoms with Crippen LogP contribution in [0.5, 0.6) is 5.75 Å². The van der Waals surface area contributed by atoms with Crippen molar-refractivity contribution in [3.05, 3.63) is 94.1 Å². The molecule has 0 aliphatic carbocycles. The number of imide groups is 1. The number of hydrogen-bond donors (Lipinski definition) is 1. The van der Waals surface area contributed by atoms with Gasteiger partial charge in [0.15, 0.2) is 0 Å². The molecule has 0 saturated carbocycles.